The smallest absolute Gasteiger partial charge is 0.293 e. The molecule has 2 rings (SSSR count). The SMILES string of the molecule is COc1ccc(/C=C/C(=O)Nc2ccc(C)cc2[N+](=O)[O-])cc1OC. The molecule has 0 aromatic heterocycles. The lowest BCUT2D eigenvalue weighted by Gasteiger charge is -2.07. The minimum atomic E-state index is -0.527. The van der Waals surface area contributed by atoms with E-state index in [1.807, 2.05) is 0 Å². The molecule has 7 nitrogen and oxygen atoms in total. The van der Waals surface area contributed by atoms with E-state index in [-0.39, 0.29) is 11.4 Å². The van der Waals surface area contributed by atoms with E-state index in [9.17, 15) is 14.9 Å². The van der Waals surface area contributed by atoms with Crippen molar-refractivity contribution < 1.29 is 19.2 Å². The standard InChI is InChI=1S/C18H18N2O5/c1-12-4-7-14(15(10-12)20(22)23)19-18(21)9-6-13-5-8-16(24-2)17(11-13)25-3/h4-11H,1-3H3,(H,19,21)/b9-6+. The van der Waals surface area contributed by atoms with Gasteiger partial charge >= 0.3 is 0 Å². The molecule has 1 amide bonds. The second-order valence-electron chi connectivity index (χ2n) is 5.21. The van der Waals surface area contributed by atoms with Crippen molar-refractivity contribution in [3.05, 3.63) is 63.7 Å². The molecule has 0 aliphatic heterocycles. The maximum atomic E-state index is 12.0. The molecule has 0 aliphatic carbocycles. The molecule has 2 aromatic rings. The summed E-state index contributed by atoms with van der Waals surface area (Å²) in [6, 6.07) is 9.82. The van der Waals surface area contributed by atoms with Crippen molar-refractivity contribution in [3.63, 3.8) is 0 Å². The predicted octanol–water partition coefficient (Wildman–Crippen LogP) is 3.57. The van der Waals surface area contributed by atoms with E-state index in [1.54, 1.807) is 37.3 Å². The fourth-order valence-corrected chi connectivity index (χ4v) is 2.20. The number of methoxy groups -OCH3 is 2. The van der Waals surface area contributed by atoms with Gasteiger partial charge in [0.05, 0.1) is 19.1 Å². The third kappa shape index (κ3) is 4.57. The van der Waals surface area contributed by atoms with Gasteiger partial charge in [-0.25, -0.2) is 0 Å². The predicted molar refractivity (Wildman–Crippen MR) is 95.0 cm³/mol. The molecule has 7 heteroatoms. The summed E-state index contributed by atoms with van der Waals surface area (Å²) >= 11 is 0. The van der Waals surface area contributed by atoms with Gasteiger partial charge in [-0.1, -0.05) is 12.1 Å². The van der Waals surface area contributed by atoms with E-state index < -0.39 is 10.8 Å². The summed E-state index contributed by atoms with van der Waals surface area (Å²) in [5.41, 5.74) is 1.47. The Kier molecular flexibility index (Phi) is 5.73. The molecule has 2 aromatic carbocycles. The van der Waals surface area contributed by atoms with Crippen LogP contribution in [0.2, 0.25) is 0 Å². The fourth-order valence-electron chi connectivity index (χ4n) is 2.20. The molecule has 25 heavy (non-hydrogen) atoms. The summed E-state index contributed by atoms with van der Waals surface area (Å²) in [5.74, 6) is 0.653. The van der Waals surface area contributed by atoms with E-state index in [1.165, 1.54) is 32.4 Å². The largest absolute Gasteiger partial charge is 0.493 e. The average molecular weight is 342 g/mol. The molecule has 0 radical (unpaired) electrons. The summed E-state index contributed by atoms with van der Waals surface area (Å²) in [6.45, 7) is 1.75. The van der Waals surface area contributed by atoms with Crippen molar-refractivity contribution in [1.29, 1.82) is 0 Å². The zero-order chi connectivity index (χ0) is 18.4. The Balaban J connectivity index is 2.15. The number of benzene rings is 2. The zero-order valence-corrected chi connectivity index (χ0v) is 14.1. The highest BCUT2D eigenvalue weighted by Gasteiger charge is 2.14. The number of hydrogen-bond donors (Lipinski definition) is 1. The molecule has 130 valence electrons. The first-order valence-electron chi connectivity index (χ1n) is 7.40. The normalized spacial score (nSPS) is 10.5. The summed E-state index contributed by atoms with van der Waals surface area (Å²) in [4.78, 5) is 22.6. The highest BCUT2D eigenvalue weighted by Crippen LogP contribution is 2.28. The van der Waals surface area contributed by atoms with Crippen LogP contribution < -0.4 is 14.8 Å². The van der Waals surface area contributed by atoms with E-state index in [0.717, 1.165) is 11.1 Å². The molecule has 0 spiro atoms. The average Bonchev–Trinajstić information content (AvgIpc) is 2.61. The fraction of sp³-hybridized carbons (Fsp3) is 0.167. The van der Waals surface area contributed by atoms with Crippen LogP contribution in [-0.2, 0) is 4.79 Å². The van der Waals surface area contributed by atoms with E-state index in [2.05, 4.69) is 5.32 Å². The highest BCUT2D eigenvalue weighted by molar-refractivity contribution is 6.03. The number of rotatable bonds is 6. The quantitative estimate of drug-likeness (QED) is 0.492. The molecule has 0 saturated heterocycles. The monoisotopic (exact) mass is 342 g/mol. The van der Waals surface area contributed by atoms with Crippen LogP contribution >= 0.6 is 0 Å². The number of nitrogens with zero attached hydrogens (tertiary/aromatic N) is 1. The second-order valence-corrected chi connectivity index (χ2v) is 5.21. The van der Waals surface area contributed by atoms with Crippen LogP contribution in [-0.4, -0.2) is 25.1 Å². The topological polar surface area (TPSA) is 90.7 Å². The molecule has 0 aliphatic rings. The third-order valence-corrected chi connectivity index (χ3v) is 3.44. The van der Waals surface area contributed by atoms with Crippen LogP contribution in [0.4, 0.5) is 11.4 Å². The van der Waals surface area contributed by atoms with Gasteiger partial charge in [-0.3, -0.25) is 14.9 Å². The van der Waals surface area contributed by atoms with Gasteiger partial charge in [-0.05, 0) is 42.3 Å². The van der Waals surface area contributed by atoms with Gasteiger partial charge < -0.3 is 14.8 Å². The number of aryl methyl sites for hydroxylation is 1. The van der Waals surface area contributed by atoms with Crippen molar-refractivity contribution in [2.75, 3.05) is 19.5 Å². The molecule has 0 saturated carbocycles. The Morgan fingerprint density at radius 1 is 1.12 bits per heavy atom. The number of carbonyl (C=O) groups excluding carboxylic acids is 1. The van der Waals surface area contributed by atoms with Crippen molar-refractivity contribution >= 4 is 23.4 Å². The molecule has 0 bridgehead atoms. The first-order valence-corrected chi connectivity index (χ1v) is 7.40. The van der Waals surface area contributed by atoms with Gasteiger partial charge in [0.2, 0.25) is 5.91 Å². The number of nitro benzene ring substituents is 1. The highest BCUT2D eigenvalue weighted by atomic mass is 16.6. The molecule has 0 fully saturated rings. The van der Waals surface area contributed by atoms with Crippen molar-refractivity contribution in [2.45, 2.75) is 6.92 Å². The Morgan fingerprint density at radius 3 is 2.48 bits per heavy atom. The van der Waals surface area contributed by atoms with Crippen molar-refractivity contribution in [2.24, 2.45) is 0 Å². The summed E-state index contributed by atoms with van der Waals surface area (Å²) < 4.78 is 10.3. The number of carbonyl (C=O) groups is 1. The second kappa shape index (κ2) is 7.96. The third-order valence-electron chi connectivity index (χ3n) is 3.44. The van der Waals surface area contributed by atoms with Crippen molar-refractivity contribution in [3.8, 4) is 11.5 Å². The first kappa shape index (κ1) is 18.0. The van der Waals surface area contributed by atoms with Crippen LogP contribution in [0.1, 0.15) is 11.1 Å². The minimum Gasteiger partial charge on any atom is -0.493 e. The van der Waals surface area contributed by atoms with Crippen LogP contribution in [0, 0.1) is 17.0 Å². The molecule has 0 atom stereocenters. The minimum absolute atomic E-state index is 0.145. The summed E-state index contributed by atoms with van der Waals surface area (Å²) in [6.07, 6.45) is 2.88. The maximum Gasteiger partial charge on any atom is 0.293 e. The van der Waals surface area contributed by atoms with Crippen LogP contribution in [0.15, 0.2) is 42.5 Å². The number of anilines is 1. The molecular weight excluding hydrogens is 324 g/mol. The Labute approximate surface area is 145 Å². The molecular formula is C18H18N2O5. The number of ether oxygens (including phenoxy) is 2. The number of hydrogen-bond acceptors (Lipinski definition) is 5. The number of nitrogens with one attached hydrogen (secondary N) is 1. The van der Waals surface area contributed by atoms with Gasteiger partial charge in [0.25, 0.3) is 5.69 Å². The van der Waals surface area contributed by atoms with E-state index in [0.29, 0.717) is 11.5 Å². The first-order chi connectivity index (χ1) is 11.9. The van der Waals surface area contributed by atoms with Crippen molar-refractivity contribution in [1.82, 2.24) is 0 Å². The lowest BCUT2D eigenvalue weighted by molar-refractivity contribution is -0.384. The molecule has 0 heterocycles. The number of amides is 1. The van der Waals surface area contributed by atoms with E-state index >= 15 is 0 Å². The lowest BCUT2D eigenvalue weighted by atomic mass is 10.1. The molecule has 0 unspecified atom stereocenters. The van der Waals surface area contributed by atoms with Gasteiger partial charge in [-0.2, -0.15) is 0 Å². The van der Waals surface area contributed by atoms with Gasteiger partial charge in [0, 0.05) is 12.1 Å². The Bertz CT molecular complexity index is 830. The summed E-state index contributed by atoms with van der Waals surface area (Å²) in [7, 11) is 3.06. The molecule has 1 N–H and O–H groups in total. The van der Waals surface area contributed by atoms with Gasteiger partial charge in [-0.15, -0.1) is 0 Å². The maximum absolute atomic E-state index is 12.0. The van der Waals surface area contributed by atoms with Gasteiger partial charge in [0.15, 0.2) is 11.5 Å². The zero-order valence-electron chi connectivity index (χ0n) is 14.1. The Hall–Kier alpha value is -3.35. The lowest BCUT2D eigenvalue weighted by Crippen LogP contribution is -2.09. The van der Waals surface area contributed by atoms with Crippen LogP contribution in [0.3, 0.4) is 0 Å². The van der Waals surface area contributed by atoms with E-state index in [4.69, 9.17) is 9.47 Å². The number of nitro groups is 1. The van der Waals surface area contributed by atoms with Gasteiger partial charge in [0.1, 0.15) is 5.69 Å². The van der Waals surface area contributed by atoms with Crippen LogP contribution in [0.5, 0.6) is 11.5 Å². The summed E-state index contributed by atoms with van der Waals surface area (Å²) in [5, 5.41) is 13.6. The Morgan fingerprint density at radius 2 is 1.84 bits per heavy atom. The van der Waals surface area contributed by atoms with Crippen LogP contribution in [0.25, 0.3) is 6.08 Å².